The Morgan fingerprint density at radius 2 is 1.73 bits per heavy atom. The summed E-state index contributed by atoms with van der Waals surface area (Å²) in [5.41, 5.74) is 7.33. The molecule has 1 rings (SSSR count). The van der Waals surface area contributed by atoms with E-state index in [1.807, 2.05) is 0 Å². The summed E-state index contributed by atoms with van der Waals surface area (Å²) in [6, 6.07) is 11.0. The average molecular weight is 228 g/mol. The van der Waals surface area contributed by atoms with Gasteiger partial charge < -0.3 is 5.73 Å². The molecule has 0 aliphatic heterocycles. The fraction of sp³-hybridized carbons (Fsp3) is 0.538. The minimum atomic E-state index is 0. The Bertz CT molecular complexity index is 248. The highest BCUT2D eigenvalue weighted by Crippen LogP contribution is 2.20. The molecule has 0 bridgehead atoms. The Morgan fingerprint density at radius 1 is 1.13 bits per heavy atom. The monoisotopic (exact) mass is 227 g/mol. The molecule has 1 aromatic carbocycles. The average Bonchev–Trinajstić information content (AvgIpc) is 2.26. The van der Waals surface area contributed by atoms with Gasteiger partial charge in [-0.3, -0.25) is 0 Å². The Morgan fingerprint density at radius 3 is 2.27 bits per heavy atom. The van der Waals surface area contributed by atoms with E-state index < -0.39 is 0 Å². The number of nitrogens with two attached hydrogens (primary N) is 1. The van der Waals surface area contributed by atoms with Crippen molar-refractivity contribution in [3.05, 3.63) is 35.9 Å². The van der Waals surface area contributed by atoms with Crippen LogP contribution in [-0.2, 0) is 0 Å². The van der Waals surface area contributed by atoms with Gasteiger partial charge in [-0.1, -0.05) is 44.2 Å². The third-order valence-electron chi connectivity index (χ3n) is 2.86. The quantitative estimate of drug-likeness (QED) is 0.815. The molecule has 0 aromatic heterocycles. The largest absolute Gasteiger partial charge is 0.328 e. The molecule has 0 saturated carbocycles. The molecule has 0 radical (unpaired) electrons. The normalized spacial score (nSPS) is 14.1. The molecule has 0 saturated heterocycles. The van der Waals surface area contributed by atoms with E-state index >= 15 is 0 Å². The van der Waals surface area contributed by atoms with Crippen LogP contribution in [0.2, 0.25) is 0 Å². The van der Waals surface area contributed by atoms with Gasteiger partial charge in [-0.15, -0.1) is 12.4 Å². The van der Waals surface area contributed by atoms with Crippen LogP contribution in [0.4, 0.5) is 0 Å². The van der Waals surface area contributed by atoms with Gasteiger partial charge in [0.2, 0.25) is 0 Å². The highest BCUT2D eigenvalue weighted by Gasteiger charge is 2.06. The lowest BCUT2D eigenvalue weighted by Gasteiger charge is -2.14. The smallest absolute Gasteiger partial charge is 0.00364 e. The maximum absolute atomic E-state index is 5.90. The topological polar surface area (TPSA) is 26.0 Å². The number of benzene rings is 1. The van der Waals surface area contributed by atoms with E-state index in [0.29, 0.717) is 12.0 Å². The zero-order valence-corrected chi connectivity index (χ0v) is 10.5. The third-order valence-corrected chi connectivity index (χ3v) is 2.86. The SMILES string of the molecule is CCC(N)CCC(C)c1ccccc1.Cl. The summed E-state index contributed by atoms with van der Waals surface area (Å²) in [4.78, 5) is 0. The van der Waals surface area contributed by atoms with Gasteiger partial charge in [-0.25, -0.2) is 0 Å². The summed E-state index contributed by atoms with van der Waals surface area (Å²) in [7, 11) is 0. The molecule has 0 aliphatic rings. The summed E-state index contributed by atoms with van der Waals surface area (Å²) in [5, 5.41) is 0. The van der Waals surface area contributed by atoms with Crippen molar-refractivity contribution in [2.24, 2.45) is 5.73 Å². The third kappa shape index (κ3) is 5.19. The molecule has 2 heteroatoms. The van der Waals surface area contributed by atoms with Gasteiger partial charge in [0.05, 0.1) is 0 Å². The molecule has 1 nitrogen and oxygen atoms in total. The van der Waals surface area contributed by atoms with E-state index in [9.17, 15) is 0 Å². The van der Waals surface area contributed by atoms with E-state index in [1.54, 1.807) is 0 Å². The molecular weight excluding hydrogens is 206 g/mol. The molecule has 15 heavy (non-hydrogen) atoms. The number of rotatable bonds is 5. The first-order valence-corrected chi connectivity index (χ1v) is 5.54. The van der Waals surface area contributed by atoms with Crippen LogP contribution >= 0.6 is 12.4 Å². The van der Waals surface area contributed by atoms with Crippen LogP contribution in [0.1, 0.15) is 44.6 Å². The lowest BCUT2D eigenvalue weighted by Crippen LogP contribution is -2.18. The molecule has 86 valence electrons. The van der Waals surface area contributed by atoms with E-state index in [2.05, 4.69) is 44.2 Å². The van der Waals surface area contributed by atoms with E-state index in [0.717, 1.165) is 12.8 Å². The molecule has 0 amide bonds. The number of hydrogen-bond acceptors (Lipinski definition) is 1. The Balaban J connectivity index is 0.00000196. The predicted molar refractivity (Wildman–Crippen MR) is 69.6 cm³/mol. The number of hydrogen-bond donors (Lipinski definition) is 1. The molecular formula is C13H22ClN. The van der Waals surface area contributed by atoms with Crippen molar-refractivity contribution < 1.29 is 0 Å². The molecule has 2 atom stereocenters. The highest BCUT2D eigenvalue weighted by atomic mass is 35.5. The van der Waals surface area contributed by atoms with Crippen LogP contribution in [-0.4, -0.2) is 6.04 Å². The van der Waals surface area contributed by atoms with E-state index in [-0.39, 0.29) is 12.4 Å². The van der Waals surface area contributed by atoms with Crippen LogP contribution in [0.3, 0.4) is 0 Å². The van der Waals surface area contributed by atoms with Crippen molar-refractivity contribution in [3.8, 4) is 0 Å². The molecule has 0 fully saturated rings. The minimum absolute atomic E-state index is 0. The van der Waals surface area contributed by atoms with Crippen molar-refractivity contribution in [3.63, 3.8) is 0 Å². The Labute approximate surface area is 99.5 Å². The first kappa shape index (κ1) is 14.5. The lowest BCUT2D eigenvalue weighted by atomic mass is 9.94. The zero-order chi connectivity index (χ0) is 10.4. The van der Waals surface area contributed by atoms with Gasteiger partial charge in [-0.2, -0.15) is 0 Å². The van der Waals surface area contributed by atoms with Gasteiger partial charge in [0.1, 0.15) is 0 Å². The Hall–Kier alpha value is -0.530. The van der Waals surface area contributed by atoms with Gasteiger partial charge in [0.25, 0.3) is 0 Å². The summed E-state index contributed by atoms with van der Waals surface area (Å²) >= 11 is 0. The van der Waals surface area contributed by atoms with Gasteiger partial charge >= 0.3 is 0 Å². The summed E-state index contributed by atoms with van der Waals surface area (Å²) in [5.74, 6) is 0.633. The highest BCUT2D eigenvalue weighted by molar-refractivity contribution is 5.85. The van der Waals surface area contributed by atoms with Crippen molar-refractivity contribution in [2.75, 3.05) is 0 Å². The van der Waals surface area contributed by atoms with Gasteiger partial charge in [0.15, 0.2) is 0 Å². The molecule has 0 spiro atoms. The van der Waals surface area contributed by atoms with Crippen LogP contribution < -0.4 is 5.73 Å². The second-order valence-electron chi connectivity index (χ2n) is 4.06. The van der Waals surface area contributed by atoms with Crippen LogP contribution in [0.15, 0.2) is 30.3 Å². The first-order valence-electron chi connectivity index (χ1n) is 5.54. The molecule has 0 aliphatic carbocycles. The van der Waals surface area contributed by atoms with E-state index in [4.69, 9.17) is 5.73 Å². The lowest BCUT2D eigenvalue weighted by molar-refractivity contribution is 0.530. The number of halogens is 1. The fourth-order valence-corrected chi connectivity index (χ4v) is 1.62. The van der Waals surface area contributed by atoms with Crippen molar-refractivity contribution in [1.29, 1.82) is 0 Å². The molecule has 1 aromatic rings. The summed E-state index contributed by atoms with van der Waals surface area (Å²) in [6.45, 7) is 4.43. The molecule has 0 heterocycles. The maximum Gasteiger partial charge on any atom is 0.00364 e. The second-order valence-corrected chi connectivity index (χ2v) is 4.06. The Kier molecular flexibility index (Phi) is 7.45. The predicted octanol–water partition coefficient (Wildman–Crippen LogP) is 3.73. The van der Waals surface area contributed by atoms with E-state index in [1.165, 1.54) is 12.0 Å². The summed E-state index contributed by atoms with van der Waals surface area (Å²) in [6.07, 6.45) is 3.41. The van der Waals surface area contributed by atoms with Crippen LogP contribution in [0.5, 0.6) is 0 Å². The standard InChI is InChI=1S/C13H21N.ClH/c1-3-13(14)10-9-11(2)12-7-5-4-6-8-12;/h4-8,11,13H,3,9-10,14H2,1-2H3;1H. The minimum Gasteiger partial charge on any atom is -0.328 e. The summed E-state index contributed by atoms with van der Waals surface area (Å²) < 4.78 is 0. The van der Waals surface area contributed by atoms with Crippen LogP contribution in [0, 0.1) is 0 Å². The molecule has 2 unspecified atom stereocenters. The first-order chi connectivity index (χ1) is 6.74. The molecule has 2 N–H and O–H groups in total. The van der Waals surface area contributed by atoms with Gasteiger partial charge in [-0.05, 0) is 30.7 Å². The zero-order valence-electron chi connectivity index (χ0n) is 9.65. The van der Waals surface area contributed by atoms with Crippen molar-refractivity contribution >= 4 is 12.4 Å². The van der Waals surface area contributed by atoms with Crippen molar-refractivity contribution in [1.82, 2.24) is 0 Å². The van der Waals surface area contributed by atoms with Gasteiger partial charge in [0, 0.05) is 6.04 Å². The van der Waals surface area contributed by atoms with Crippen LogP contribution in [0.25, 0.3) is 0 Å². The second kappa shape index (κ2) is 7.72. The maximum atomic E-state index is 5.90. The fourth-order valence-electron chi connectivity index (χ4n) is 1.62. The van der Waals surface area contributed by atoms with Crippen molar-refractivity contribution in [2.45, 2.75) is 45.1 Å².